The first kappa shape index (κ1) is 15.6. The highest BCUT2D eigenvalue weighted by Crippen LogP contribution is 2.46. The normalized spacial score (nSPS) is 27.7. The Kier molecular flexibility index (Phi) is 4.95. The van der Waals surface area contributed by atoms with Crippen LogP contribution in [-0.4, -0.2) is 13.1 Å². The first-order valence-electron chi connectivity index (χ1n) is 8.18. The van der Waals surface area contributed by atoms with Gasteiger partial charge in [0.05, 0.1) is 6.26 Å². The van der Waals surface area contributed by atoms with Gasteiger partial charge in [-0.3, -0.25) is 0 Å². The molecule has 0 saturated heterocycles. The van der Waals surface area contributed by atoms with Crippen LogP contribution >= 0.6 is 0 Å². The molecule has 114 valence electrons. The first-order valence-corrected chi connectivity index (χ1v) is 8.18. The van der Waals surface area contributed by atoms with Gasteiger partial charge in [-0.1, -0.05) is 27.7 Å². The maximum absolute atomic E-state index is 5.61. The molecule has 0 spiro atoms. The van der Waals surface area contributed by atoms with E-state index < -0.39 is 0 Å². The van der Waals surface area contributed by atoms with Crippen molar-refractivity contribution < 1.29 is 4.42 Å². The van der Waals surface area contributed by atoms with Gasteiger partial charge in [0, 0.05) is 13.0 Å². The van der Waals surface area contributed by atoms with E-state index in [1.165, 1.54) is 25.7 Å². The van der Waals surface area contributed by atoms with Crippen molar-refractivity contribution >= 4 is 0 Å². The smallest absolute Gasteiger partial charge is 0.104 e. The highest BCUT2D eigenvalue weighted by Gasteiger charge is 2.38. The maximum Gasteiger partial charge on any atom is 0.104 e. The van der Waals surface area contributed by atoms with Gasteiger partial charge in [0.2, 0.25) is 0 Å². The van der Waals surface area contributed by atoms with Gasteiger partial charge < -0.3 is 9.73 Å². The van der Waals surface area contributed by atoms with Crippen LogP contribution in [0.1, 0.15) is 59.1 Å². The molecule has 1 aromatic rings. The van der Waals surface area contributed by atoms with Crippen LogP contribution < -0.4 is 5.32 Å². The molecule has 0 atom stereocenters. The summed E-state index contributed by atoms with van der Waals surface area (Å²) in [6.07, 6.45) is 8.25. The van der Waals surface area contributed by atoms with Gasteiger partial charge in [-0.05, 0) is 61.1 Å². The summed E-state index contributed by atoms with van der Waals surface area (Å²) in [7, 11) is 0. The van der Waals surface area contributed by atoms with Gasteiger partial charge in [0.1, 0.15) is 5.76 Å². The quantitative estimate of drug-likeness (QED) is 0.847. The summed E-state index contributed by atoms with van der Waals surface area (Å²) >= 11 is 0. The first-order chi connectivity index (χ1) is 9.45. The SMILES string of the molecule is CCNCC1(Cc2ccco2)CCC(C(C)(C)C)CC1. The van der Waals surface area contributed by atoms with Crippen LogP contribution in [0.5, 0.6) is 0 Å². The minimum atomic E-state index is 0.398. The van der Waals surface area contributed by atoms with Crippen molar-refractivity contribution in [2.45, 2.75) is 59.8 Å². The number of rotatable bonds is 5. The van der Waals surface area contributed by atoms with Crippen molar-refractivity contribution in [3.05, 3.63) is 24.2 Å². The Balaban J connectivity index is 2.02. The Morgan fingerprint density at radius 1 is 1.30 bits per heavy atom. The molecule has 1 N–H and O–H groups in total. The molecule has 1 saturated carbocycles. The summed E-state index contributed by atoms with van der Waals surface area (Å²) in [5.41, 5.74) is 0.852. The monoisotopic (exact) mass is 277 g/mol. The molecule has 0 bridgehead atoms. The summed E-state index contributed by atoms with van der Waals surface area (Å²) in [6, 6.07) is 4.14. The van der Waals surface area contributed by atoms with E-state index in [-0.39, 0.29) is 0 Å². The molecular formula is C18H31NO. The summed E-state index contributed by atoms with van der Waals surface area (Å²) in [5.74, 6) is 2.02. The average molecular weight is 277 g/mol. The molecule has 0 unspecified atom stereocenters. The summed E-state index contributed by atoms with van der Waals surface area (Å²) in [5, 5.41) is 3.58. The van der Waals surface area contributed by atoms with Crippen molar-refractivity contribution in [3.8, 4) is 0 Å². The second-order valence-electron chi connectivity index (χ2n) is 7.68. The van der Waals surface area contributed by atoms with Crippen molar-refractivity contribution in [1.82, 2.24) is 5.32 Å². The highest BCUT2D eigenvalue weighted by molar-refractivity contribution is 5.04. The van der Waals surface area contributed by atoms with Gasteiger partial charge in [-0.15, -0.1) is 0 Å². The fourth-order valence-corrected chi connectivity index (χ4v) is 3.69. The van der Waals surface area contributed by atoms with Crippen molar-refractivity contribution in [3.63, 3.8) is 0 Å². The van der Waals surface area contributed by atoms with Gasteiger partial charge >= 0.3 is 0 Å². The highest BCUT2D eigenvalue weighted by atomic mass is 16.3. The number of nitrogens with one attached hydrogen (secondary N) is 1. The van der Waals surface area contributed by atoms with Crippen LogP contribution in [-0.2, 0) is 6.42 Å². The second-order valence-corrected chi connectivity index (χ2v) is 7.68. The minimum Gasteiger partial charge on any atom is -0.469 e. The third-order valence-corrected chi connectivity index (χ3v) is 5.15. The Labute approximate surface area is 124 Å². The zero-order valence-electron chi connectivity index (χ0n) is 13.7. The van der Waals surface area contributed by atoms with E-state index in [1.54, 1.807) is 6.26 Å². The molecular weight excluding hydrogens is 246 g/mol. The third-order valence-electron chi connectivity index (χ3n) is 5.15. The number of furan rings is 1. The zero-order chi connectivity index (χ0) is 14.6. The van der Waals surface area contributed by atoms with E-state index in [9.17, 15) is 0 Å². The molecule has 0 amide bonds. The lowest BCUT2D eigenvalue weighted by molar-refractivity contribution is 0.0827. The lowest BCUT2D eigenvalue weighted by Crippen LogP contribution is -2.41. The standard InChI is InChI=1S/C18H31NO/c1-5-19-14-18(13-16-7-6-12-20-16)10-8-15(9-11-18)17(2,3)4/h6-7,12,15,19H,5,8-11,13-14H2,1-4H3. The number of hydrogen-bond donors (Lipinski definition) is 1. The molecule has 0 aliphatic heterocycles. The fourth-order valence-electron chi connectivity index (χ4n) is 3.69. The molecule has 20 heavy (non-hydrogen) atoms. The summed E-state index contributed by atoms with van der Waals surface area (Å²) in [6.45, 7) is 11.6. The fraction of sp³-hybridized carbons (Fsp3) is 0.778. The molecule has 2 heteroatoms. The molecule has 1 heterocycles. The average Bonchev–Trinajstić information content (AvgIpc) is 2.89. The van der Waals surface area contributed by atoms with E-state index in [4.69, 9.17) is 4.42 Å². The van der Waals surface area contributed by atoms with Crippen molar-refractivity contribution in [2.75, 3.05) is 13.1 Å². The van der Waals surface area contributed by atoms with Crippen LogP contribution in [0.15, 0.2) is 22.8 Å². The lowest BCUT2D eigenvalue weighted by Gasteiger charge is -2.44. The predicted octanol–water partition coefficient (Wildman–Crippen LogP) is 4.65. The number of hydrogen-bond acceptors (Lipinski definition) is 2. The molecule has 2 nitrogen and oxygen atoms in total. The Morgan fingerprint density at radius 3 is 2.50 bits per heavy atom. The van der Waals surface area contributed by atoms with Gasteiger partial charge in [0.25, 0.3) is 0 Å². The predicted molar refractivity (Wildman–Crippen MR) is 84.8 cm³/mol. The van der Waals surface area contributed by atoms with Gasteiger partial charge in [-0.25, -0.2) is 0 Å². The molecule has 1 aliphatic carbocycles. The molecule has 1 aromatic heterocycles. The Bertz CT molecular complexity index is 380. The Morgan fingerprint density at radius 2 is 2.00 bits per heavy atom. The molecule has 1 fully saturated rings. The summed E-state index contributed by atoms with van der Waals surface area (Å²) < 4.78 is 5.61. The molecule has 0 aromatic carbocycles. The van der Waals surface area contributed by atoms with Gasteiger partial charge in [0.15, 0.2) is 0 Å². The minimum absolute atomic E-state index is 0.398. The van der Waals surface area contributed by atoms with E-state index >= 15 is 0 Å². The van der Waals surface area contributed by atoms with Crippen LogP contribution in [0.4, 0.5) is 0 Å². The van der Waals surface area contributed by atoms with E-state index in [1.807, 2.05) is 6.07 Å². The largest absolute Gasteiger partial charge is 0.469 e. The topological polar surface area (TPSA) is 25.2 Å². The van der Waals surface area contributed by atoms with Crippen LogP contribution in [0.2, 0.25) is 0 Å². The summed E-state index contributed by atoms with van der Waals surface area (Å²) in [4.78, 5) is 0. The molecule has 2 rings (SSSR count). The third kappa shape index (κ3) is 3.88. The van der Waals surface area contributed by atoms with E-state index in [2.05, 4.69) is 39.1 Å². The van der Waals surface area contributed by atoms with Crippen LogP contribution in [0, 0.1) is 16.7 Å². The van der Waals surface area contributed by atoms with Gasteiger partial charge in [-0.2, -0.15) is 0 Å². The lowest BCUT2D eigenvalue weighted by atomic mass is 9.62. The molecule has 1 aliphatic rings. The molecule has 0 radical (unpaired) electrons. The second kappa shape index (κ2) is 6.34. The Hall–Kier alpha value is -0.760. The van der Waals surface area contributed by atoms with Crippen LogP contribution in [0.3, 0.4) is 0 Å². The van der Waals surface area contributed by atoms with E-state index in [0.29, 0.717) is 10.8 Å². The maximum atomic E-state index is 5.61. The van der Waals surface area contributed by atoms with Crippen molar-refractivity contribution in [2.24, 2.45) is 16.7 Å². The van der Waals surface area contributed by atoms with E-state index in [0.717, 1.165) is 31.2 Å². The van der Waals surface area contributed by atoms with Crippen molar-refractivity contribution in [1.29, 1.82) is 0 Å². The van der Waals surface area contributed by atoms with Crippen LogP contribution in [0.25, 0.3) is 0 Å². The zero-order valence-corrected chi connectivity index (χ0v) is 13.7.